The Morgan fingerprint density at radius 2 is 1.87 bits per heavy atom. The molecule has 3 N–H and O–H groups in total. The van der Waals surface area contributed by atoms with Gasteiger partial charge in [0.15, 0.2) is 6.10 Å². The van der Waals surface area contributed by atoms with Crippen molar-refractivity contribution in [2.45, 2.75) is 99.0 Å². The Bertz CT molecular complexity index is 1230. The Morgan fingerprint density at radius 3 is 2.55 bits per heavy atom. The number of halogens is 4. The molecule has 2 bridgehead atoms. The summed E-state index contributed by atoms with van der Waals surface area (Å²) in [6.45, 7) is 0. The fourth-order valence-corrected chi connectivity index (χ4v) is 6.56. The van der Waals surface area contributed by atoms with Crippen molar-refractivity contribution in [2.24, 2.45) is 0 Å². The van der Waals surface area contributed by atoms with E-state index < -0.39 is 41.7 Å². The summed E-state index contributed by atoms with van der Waals surface area (Å²) < 4.78 is 53.0. The molecule has 1 aromatic heterocycles. The van der Waals surface area contributed by atoms with Crippen LogP contribution in [-0.2, 0) is 14.9 Å². The number of carbonyl (C=O) groups is 1. The number of aromatic nitrogens is 2. The van der Waals surface area contributed by atoms with Crippen LogP contribution in [0.1, 0.15) is 80.7 Å². The average molecular weight is 558 g/mol. The molecule has 9 nitrogen and oxygen atoms in total. The Kier molecular flexibility index (Phi) is 6.17. The molecule has 7 rings (SSSR count). The zero-order valence-electron chi connectivity index (χ0n) is 20.2. The predicted octanol–water partition coefficient (Wildman–Crippen LogP) is 3.82. The third kappa shape index (κ3) is 4.55. The van der Waals surface area contributed by atoms with Crippen molar-refractivity contribution < 1.29 is 42.1 Å². The summed E-state index contributed by atoms with van der Waals surface area (Å²) in [5, 5.41) is 33.5. The van der Waals surface area contributed by atoms with Crippen LogP contribution < -0.4 is 10.1 Å². The summed E-state index contributed by atoms with van der Waals surface area (Å²) in [6, 6.07) is 4.88. The van der Waals surface area contributed by atoms with Crippen LogP contribution in [0.15, 0.2) is 22.6 Å². The molecule has 2 aromatic rings. The number of amides is 1. The first-order chi connectivity index (χ1) is 18.0. The van der Waals surface area contributed by atoms with Crippen molar-refractivity contribution in [1.29, 1.82) is 0 Å². The number of rotatable bonds is 5. The Balaban J connectivity index is 1.09. The van der Waals surface area contributed by atoms with E-state index in [-0.39, 0.29) is 49.3 Å². The lowest BCUT2D eigenvalue weighted by Crippen LogP contribution is -2.65. The first kappa shape index (κ1) is 25.8. The van der Waals surface area contributed by atoms with Gasteiger partial charge in [-0.15, -0.1) is 23.4 Å². The highest BCUT2D eigenvalue weighted by Crippen LogP contribution is 2.54. The second-order valence-electron chi connectivity index (χ2n) is 11.0. The van der Waals surface area contributed by atoms with Gasteiger partial charge in [0.1, 0.15) is 5.75 Å². The normalized spacial score (nSPS) is 36.2. The highest BCUT2D eigenvalue weighted by Gasteiger charge is 2.58. The zero-order chi connectivity index (χ0) is 26.9. The van der Waals surface area contributed by atoms with E-state index in [0.717, 1.165) is 0 Å². The number of nitrogens with one attached hydrogen (secondary N) is 1. The second-order valence-corrected chi connectivity index (χ2v) is 11.4. The van der Waals surface area contributed by atoms with E-state index >= 15 is 0 Å². The van der Waals surface area contributed by atoms with E-state index in [9.17, 15) is 28.2 Å². The minimum Gasteiger partial charge on any atom is -0.480 e. The van der Waals surface area contributed by atoms with Crippen LogP contribution in [0.3, 0.4) is 0 Å². The minimum atomic E-state index is -4.67. The van der Waals surface area contributed by atoms with Gasteiger partial charge in [-0.2, -0.15) is 0 Å². The zero-order valence-corrected chi connectivity index (χ0v) is 21.0. The molecule has 4 saturated carbocycles. The van der Waals surface area contributed by atoms with Gasteiger partial charge < -0.3 is 24.7 Å². The summed E-state index contributed by atoms with van der Waals surface area (Å²) in [6.07, 6.45) is -5.45. The monoisotopic (exact) mass is 557 g/mol. The third-order valence-electron chi connectivity index (χ3n) is 8.65. The highest BCUT2D eigenvalue weighted by atomic mass is 35.5. The minimum absolute atomic E-state index is 0.0859. The molecule has 2 unspecified atom stereocenters. The Labute approximate surface area is 220 Å². The van der Waals surface area contributed by atoms with Gasteiger partial charge in [0.2, 0.25) is 11.8 Å². The number of carbonyl (C=O) groups excluding carboxylic acids is 1. The van der Waals surface area contributed by atoms with Gasteiger partial charge in [-0.05, 0) is 63.1 Å². The fraction of sp³-hybridized carbons (Fsp3) is 0.640. The molecule has 206 valence electrons. The molecule has 1 aliphatic heterocycles. The lowest BCUT2D eigenvalue weighted by molar-refractivity contribution is -0.352. The predicted molar refractivity (Wildman–Crippen MR) is 124 cm³/mol. The van der Waals surface area contributed by atoms with Gasteiger partial charge in [-0.1, -0.05) is 11.6 Å². The quantitative estimate of drug-likeness (QED) is 0.506. The van der Waals surface area contributed by atoms with Gasteiger partial charge in [-0.25, -0.2) is 0 Å². The summed E-state index contributed by atoms with van der Waals surface area (Å²) in [7, 11) is 0. The van der Waals surface area contributed by atoms with Crippen LogP contribution in [0, 0.1) is 0 Å². The average Bonchev–Trinajstić information content (AvgIpc) is 3.31. The number of benzene rings is 1. The number of nitrogens with zero attached hydrogens (tertiary/aromatic N) is 2. The first-order valence-electron chi connectivity index (χ1n) is 12.7. The van der Waals surface area contributed by atoms with Gasteiger partial charge in [0.25, 0.3) is 5.91 Å². The molecule has 5 aliphatic rings. The molecule has 2 heterocycles. The van der Waals surface area contributed by atoms with Crippen LogP contribution >= 0.6 is 11.6 Å². The van der Waals surface area contributed by atoms with Crippen molar-refractivity contribution in [3.63, 3.8) is 0 Å². The van der Waals surface area contributed by atoms with E-state index in [4.69, 9.17) is 20.8 Å². The van der Waals surface area contributed by atoms with Crippen molar-refractivity contribution in [3.05, 3.63) is 40.6 Å². The summed E-state index contributed by atoms with van der Waals surface area (Å²) in [5.41, 5.74) is -0.857. The van der Waals surface area contributed by atoms with Crippen LogP contribution in [0.25, 0.3) is 0 Å². The summed E-state index contributed by atoms with van der Waals surface area (Å²) >= 11 is 6.01. The number of aliphatic hydroxyl groups is 2. The second kappa shape index (κ2) is 9.07. The number of ether oxygens (including phenoxy) is 2. The molecule has 0 saturated heterocycles. The van der Waals surface area contributed by atoms with Crippen LogP contribution in [0.2, 0.25) is 5.02 Å². The van der Waals surface area contributed by atoms with E-state index in [0.29, 0.717) is 42.0 Å². The maximum absolute atomic E-state index is 13.2. The SMILES string of the molecule is O=C(NC12CCC(c3nnc(C4CC(OC(F)(F)F)C4)o3)(CC1)[C@@H](O)C2)C1CC(O)c2cc(Cl)ccc2O1. The van der Waals surface area contributed by atoms with Crippen molar-refractivity contribution in [2.75, 3.05) is 0 Å². The van der Waals surface area contributed by atoms with E-state index in [1.165, 1.54) is 0 Å². The van der Waals surface area contributed by atoms with E-state index in [1.54, 1.807) is 18.2 Å². The van der Waals surface area contributed by atoms with Crippen LogP contribution in [0.4, 0.5) is 13.2 Å². The maximum Gasteiger partial charge on any atom is 0.522 e. The lowest BCUT2D eigenvalue weighted by Gasteiger charge is -2.54. The largest absolute Gasteiger partial charge is 0.522 e. The maximum atomic E-state index is 13.2. The Morgan fingerprint density at radius 1 is 1.13 bits per heavy atom. The van der Waals surface area contributed by atoms with E-state index in [1.807, 2.05) is 0 Å². The number of hydrogen-bond donors (Lipinski definition) is 3. The Hall–Kier alpha value is -2.41. The molecule has 4 fully saturated rings. The number of alkyl halides is 3. The molecule has 1 amide bonds. The molecule has 0 spiro atoms. The number of fused-ring (bicyclic) bond motifs is 4. The topological polar surface area (TPSA) is 127 Å². The fourth-order valence-electron chi connectivity index (χ4n) is 6.38. The van der Waals surface area contributed by atoms with Gasteiger partial charge >= 0.3 is 6.36 Å². The molecular weight excluding hydrogens is 531 g/mol. The van der Waals surface area contributed by atoms with Gasteiger partial charge in [-0.3, -0.25) is 9.53 Å². The van der Waals surface area contributed by atoms with Gasteiger partial charge in [0, 0.05) is 28.5 Å². The molecular formula is C25H27ClF3N3O6. The number of hydrogen-bond acceptors (Lipinski definition) is 8. The lowest BCUT2D eigenvalue weighted by atomic mass is 9.55. The molecule has 38 heavy (non-hydrogen) atoms. The van der Waals surface area contributed by atoms with E-state index in [2.05, 4.69) is 20.3 Å². The summed E-state index contributed by atoms with van der Waals surface area (Å²) in [5.74, 6) is 0.288. The third-order valence-corrected chi connectivity index (χ3v) is 8.89. The standard InChI is InChI=1S/C25H27ClF3N3O6/c26-13-1-2-17-15(9-13)16(33)10-18(36-17)20(35)30-23-3-5-24(6-4-23,19(34)11-23)22-32-31-21(37-22)12-7-14(8-12)38-25(27,28)29/h1-2,9,12,14,16,18-19,33-34H,3-8,10-11H2,(H,30,35)/t12?,14?,16?,18?,19-,23?,24?/m0/s1. The van der Waals surface area contributed by atoms with Crippen molar-refractivity contribution >= 4 is 17.5 Å². The van der Waals surface area contributed by atoms with Crippen molar-refractivity contribution in [3.8, 4) is 5.75 Å². The molecule has 13 heteroatoms. The summed E-state index contributed by atoms with van der Waals surface area (Å²) in [4.78, 5) is 13.2. The molecule has 1 aromatic carbocycles. The van der Waals surface area contributed by atoms with Gasteiger partial charge in [0.05, 0.1) is 23.7 Å². The van der Waals surface area contributed by atoms with Crippen LogP contribution in [0.5, 0.6) is 5.75 Å². The first-order valence-corrected chi connectivity index (χ1v) is 13.1. The molecule has 3 atom stereocenters. The smallest absolute Gasteiger partial charge is 0.480 e. The number of aliphatic hydroxyl groups excluding tert-OH is 2. The van der Waals surface area contributed by atoms with Crippen LogP contribution in [-0.4, -0.2) is 56.5 Å². The molecule has 0 radical (unpaired) electrons. The molecule has 4 aliphatic carbocycles. The highest BCUT2D eigenvalue weighted by molar-refractivity contribution is 6.30. The van der Waals surface area contributed by atoms with Crippen molar-refractivity contribution in [1.82, 2.24) is 15.5 Å².